The summed E-state index contributed by atoms with van der Waals surface area (Å²) in [5.74, 6) is -2.54. The Morgan fingerprint density at radius 3 is 2.20 bits per heavy atom. The largest absolute Gasteiger partial charge is 0.508 e. The van der Waals surface area contributed by atoms with Gasteiger partial charge in [-0.25, -0.2) is 4.79 Å². The lowest BCUT2D eigenvalue weighted by molar-refractivity contribution is -0.175. The maximum absolute atomic E-state index is 14.3. The van der Waals surface area contributed by atoms with Gasteiger partial charge in [0.05, 0.1) is 10.8 Å². The lowest BCUT2D eigenvalue weighted by atomic mass is 9.67. The first-order valence-electron chi connectivity index (χ1n) is 17.2. The Morgan fingerprint density at radius 2 is 1.59 bits per heavy atom. The Kier molecular flexibility index (Phi) is 10.7. The van der Waals surface area contributed by atoms with Crippen molar-refractivity contribution in [3.05, 3.63) is 87.0 Å². The van der Waals surface area contributed by atoms with Crippen molar-refractivity contribution >= 4 is 40.5 Å². The zero-order chi connectivity index (χ0) is 35.6. The van der Waals surface area contributed by atoms with Crippen molar-refractivity contribution in [1.29, 1.82) is 0 Å². The summed E-state index contributed by atoms with van der Waals surface area (Å²) in [6, 6.07) is 19.4. The number of ether oxygens (including phenoxy) is 4. The van der Waals surface area contributed by atoms with Crippen LogP contribution in [0.2, 0.25) is 0 Å². The molecule has 0 radical (unpaired) electrons. The molecule has 1 heterocycles. The molecule has 0 aromatic heterocycles. The topological polar surface area (TPSA) is 108 Å². The van der Waals surface area contributed by atoms with Gasteiger partial charge >= 0.3 is 17.9 Å². The molecule has 2 aliphatic rings. The van der Waals surface area contributed by atoms with E-state index in [1.807, 2.05) is 57.2 Å². The van der Waals surface area contributed by atoms with Gasteiger partial charge in [0, 0.05) is 16.1 Å². The molecule has 1 aliphatic heterocycles. The second-order valence-corrected chi connectivity index (χ2v) is 15.7. The Labute approximate surface area is 303 Å². The van der Waals surface area contributed by atoms with Crippen molar-refractivity contribution in [3.63, 3.8) is 0 Å². The number of phenolic OH excluding ortho intramolecular Hbond substituents is 1. The summed E-state index contributed by atoms with van der Waals surface area (Å²) in [5, 5.41) is 9.86. The summed E-state index contributed by atoms with van der Waals surface area (Å²) in [4.78, 5) is 42.0. The molecular formula is C40H47IO8. The normalized spacial score (nSPS) is 21.2. The first-order valence-corrected chi connectivity index (χ1v) is 18.3. The zero-order valence-corrected chi connectivity index (χ0v) is 31.4. The maximum Gasteiger partial charge on any atom is 0.349 e. The van der Waals surface area contributed by atoms with Crippen LogP contribution in [-0.2, 0) is 24.8 Å². The van der Waals surface area contributed by atoms with E-state index in [2.05, 4.69) is 29.5 Å². The summed E-state index contributed by atoms with van der Waals surface area (Å²) in [7, 11) is 0. The van der Waals surface area contributed by atoms with Crippen LogP contribution in [0.3, 0.4) is 0 Å². The van der Waals surface area contributed by atoms with E-state index in [-0.39, 0.29) is 41.1 Å². The molecular weight excluding hydrogens is 735 g/mol. The molecule has 0 amide bonds. The fraction of sp³-hybridized carbons (Fsp3) is 0.475. The Hall–Kier alpha value is -3.60. The molecule has 0 saturated heterocycles. The molecule has 262 valence electrons. The van der Waals surface area contributed by atoms with Crippen molar-refractivity contribution in [3.8, 4) is 17.2 Å². The first kappa shape index (κ1) is 36.7. The molecule has 9 heteroatoms. The van der Waals surface area contributed by atoms with E-state index in [4.69, 9.17) is 18.9 Å². The van der Waals surface area contributed by atoms with Gasteiger partial charge in [0.25, 0.3) is 5.79 Å². The summed E-state index contributed by atoms with van der Waals surface area (Å²) in [6.45, 7) is 11.3. The van der Waals surface area contributed by atoms with Gasteiger partial charge in [-0.15, -0.1) is 0 Å². The molecule has 1 aliphatic carbocycles. The number of hydrogen-bond acceptors (Lipinski definition) is 8. The molecule has 1 fully saturated rings. The minimum Gasteiger partial charge on any atom is -0.508 e. The SMILES string of the molecule is CCC1(OC(=O)C(C)(CC(C)c2ccc(O)cc2)CC(C)(CC)C(=O)Oc2cccc3c2C(=O)OC(C)(c2ccc(I)cc2)O3)CCCC1. The van der Waals surface area contributed by atoms with E-state index < -0.39 is 34.2 Å². The van der Waals surface area contributed by atoms with Crippen LogP contribution >= 0.6 is 22.6 Å². The van der Waals surface area contributed by atoms with Gasteiger partial charge in [-0.3, -0.25) is 9.59 Å². The summed E-state index contributed by atoms with van der Waals surface area (Å²) in [5.41, 5.74) is -1.00. The molecule has 4 unspecified atom stereocenters. The first-order chi connectivity index (χ1) is 23.1. The smallest absolute Gasteiger partial charge is 0.349 e. The number of halogens is 1. The molecule has 49 heavy (non-hydrogen) atoms. The lowest BCUT2D eigenvalue weighted by Crippen LogP contribution is -2.45. The van der Waals surface area contributed by atoms with E-state index in [0.29, 0.717) is 18.4 Å². The second kappa shape index (κ2) is 14.3. The van der Waals surface area contributed by atoms with Crippen LogP contribution in [0.15, 0.2) is 66.7 Å². The minimum absolute atomic E-state index is 0.0338. The van der Waals surface area contributed by atoms with E-state index in [1.165, 1.54) is 0 Å². The number of phenols is 1. The maximum atomic E-state index is 14.3. The molecule has 1 saturated carbocycles. The minimum atomic E-state index is -1.36. The molecule has 0 bridgehead atoms. The van der Waals surface area contributed by atoms with Crippen LogP contribution in [-0.4, -0.2) is 28.6 Å². The molecule has 4 atom stereocenters. The molecule has 3 aromatic rings. The molecule has 3 aromatic carbocycles. The highest BCUT2D eigenvalue weighted by Crippen LogP contribution is 2.48. The van der Waals surface area contributed by atoms with Crippen molar-refractivity contribution in [2.24, 2.45) is 10.8 Å². The van der Waals surface area contributed by atoms with Crippen LogP contribution in [0.1, 0.15) is 120 Å². The van der Waals surface area contributed by atoms with Gasteiger partial charge in [-0.2, -0.15) is 0 Å². The molecule has 5 rings (SSSR count). The lowest BCUT2D eigenvalue weighted by Gasteiger charge is -2.40. The highest BCUT2D eigenvalue weighted by Gasteiger charge is 2.50. The predicted molar refractivity (Wildman–Crippen MR) is 194 cm³/mol. The molecule has 8 nitrogen and oxygen atoms in total. The average molecular weight is 783 g/mol. The van der Waals surface area contributed by atoms with Gasteiger partial charge in [0.15, 0.2) is 0 Å². The van der Waals surface area contributed by atoms with Gasteiger partial charge in [0.2, 0.25) is 0 Å². The number of fused-ring (bicyclic) bond motifs is 1. The van der Waals surface area contributed by atoms with Gasteiger partial charge < -0.3 is 24.1 Å². The number of benzene rings is 3. The van der Waals surface area contributed by atoms with E-state index in [1.54, 1.807) is 44.2 Å². The number of esters is 3. The van der Waals surface area contributed by atoms with Crippen molar-refractivity contribution in [2.45, 2.75) is 110 Å². The number of carbonyl (C=O) groups excluding carboxylic acids is 3. The van der Waals surface area contributed by atoms with Crippen LogP contribution in [0, 0.1) is 14.4 Å². The van der Waals surface area contributed by atoms with Crippen LogP contribution in [0.4, 0.5) is 0 Å². The van der Waals surface area contributed by atoms with Gasteiger partial charge in [0.1, 0.15) is 28.4 Å². The average Bonchev–Trinajstić information content (AvgIpc) is 3.53. The van der Waals surface area contributed by atoms with Crippen LogP contribution < -0.4 is 9.47 Å². The van der Waals surface area contributed by atoms with Gasteiger partial charge in [-0.1, -0.05) is 51.1 Å². The molecule has 1 N–H and O–H groups in total. The fourth-order valence-electron chi connectivity index (χ4n) is 7.33. The second-order valence-electron chi connectivity index (χ2n) is 14.4. The van der Waals surface area contributed by atoms with E-state index in [0.717, 1.165) is 41.2 Å². The third kappa shape index (κ3) is 7.76. The van der Waals surface area contributed by atoms with Crippen molar-refractivity contribution < 1.29 is 38.4 Å². The molecule has 0 spiro atoms. The third-order valence-electron chi connectivity index (χ3n) is 10.6. The van der Waals surface area contributed by atoms with Crippen molar-refractivity contribution in [2.75, 3.05) is 0 Å². The Morgan fingerprint density at radius 1 is 0.939 bits per heavy atom. The summed E-state index contributed by atoms with van der Waals surface area (Å²) < 4.78 is 25.5. The highest BCUT2D eigenvalue weighted by molar-refractivity contribution is 14.1. The number of cyclic esters (lactones) is 1. The number of hydrogen-bond donors (Lipinski definition) is 1. The quantitative estimate of drug-likeness (QED) is 0.110. The standard InChI is InChI=1S/C40H47IO8/c1-7-37(4,25-38(5,24-26(3)27-14-20-30(42)21-15-27)36(45)49-40(8-2)22-9-10-23-40)35(44)46-31-12-11-13-32-33(31)34(43)48-39(6,47-32)28-16-18-29(41)19-17-28/h11-21,26,42H,7-10,22-25H2,1-6H3. The zero-order valence-electron chi connectivity index (χ0n) is 29.3. The summed E-state index contributed by atoms with van der Waals surface area (Å²) in [6.07, 6.45) is 5.36. The predicted octanol–water partition coefficient (Wildman–Crippen LogP) is 9.60. The Bertz CT molecular complexity index is 1680. The van der Waals surface area contributed by atoms with Crippen LogP contribution in [0.5, 0.6) is 17.2 Å². The Balaban J connectivity index is 1.42. The van der Waals surface area contributed by atoms with Crippen molar-refractivity contribution in [1.82, 2.24) is 0 Å². The number of carbonyl (C=O) groups is 3. The fourth-order valence-corrected chi connectivity index (χ4v) is 7.69. The highest BCUT2D eigenvalue weighted by atomic mass is 127. The summed E-state index contributed by atoms with van der Waals surface area (Å²) >= 11 is 2.20. The third-order valence-corrected chi connectivity index (χ3v) is 11.3. The monoisotopic (exact) mass is 782 g/mol. The van der Waals surface area contributed by atoms with Crippen LogP contribution in [0.25, 0.3) is 0 Å². The van der Waals surface area contributed by atoms with E-state index >= 15 is 0 Å². The van der Waals surface area contributed by atoms with E-state index in [9.17, 15) is 19.5 Å². The number of aromatic hydroxyl groups is 1. The van der Waals surface area contributed by atoms with Gasteiger partial charge in [-0.05, 0) is 136 Å². The number of rotatable bonds is 12.